The van der Waals surface area contributed by atoms with Crippen LogP contribution < -0.4 is 5.32 Å². The third-order valence-corrected chi connectivity index (χ3v) is 3.75. The minimum absolute atomic E-state index is 0.562. The fraction of sp³-hybridized carbons (Fsp3) is 0.867. The molecule has 1 fully saturated rings. The lowest BCUT2D eigenvalue weighted by Gasteiger charge is -2.43. The second-order valence-electron chi connectivity index (χ2n) is 5.75. The number of rotatable bonds is 5. The van der Waals surface area contributed by atoms with E-state index in [1.165, 1.54) is 6.42 Å². The van der Waals surface area contributed by atoms with Crippen LogP contribution in [0.25, 0.3) is 0 Å². The van der Waals surface area contributed by atoms with Gasteiger partial charge >= 0.3 is 0 Å². The number of nitrogens with zero attached hydrogens (tertiary/aromatic N) is 1. The molecule has 0 bridgehead atoms. The average Bonchev–Trinajstić information content (AvgIpc) is 2.28. The maximum absolute atomic E-state index is 5.48. The molecule has 0 saturated carbocycles. The molecule has 0 amide bonds. The summed E-state index contributed by atoms with van der Waals surface area (Å²) >= 11 is 0. The van der Waals surface area contributed by atoms with Crippen molar-refractivity contribution < 1.29 is 0 Å². The minimum atomic E-state index is 0.562. The molecule has 3 atom stereocenters. The van der Waals surface area contributed by atoms with E-state index in [0.717, 1.165) is 31.8 Å². The van der Waals surface area contributed by atoms with Gasteiger partial charge in [-0.3, -0.25) is 4.90 Å². The predicted octanol–water partition coefficient (Wildman–Crippen LogP) is 2.50. The summed E-state index contributed by atoms with van der Waals surface area (Å²) < 4.78 is 0. The molecule has 1 rings (SSSR count). The molecule has 17 heavy (non-hydrogen) atoms. The minimum Gasteiger partial charge on any atom is -0.311 e. The monoisotopic (exact) mass is 236 g/mol. The highest BCUT2D eigenvalue weighted by Gasteiger charge is 2.29. The molecular formula is C15H28N2. The molecule has 0 aromatic carbocycles. The largest absolute Gasteiger partial charge is 0.311 e. The van der Waals surface area contributed by atoms with Gasteiger partial charge in [-0.05, 0) is 25.7 Å². The molecule has 0 spiro atoms. The van der Waals surface area contributed by atoms with Gasteiger partial charge in [-0.2, -0.15) is 0 Å². The smallest absolute Gasteiger partial charge is 0.0242 e. The summed E-state index contributed by atoms with van der Waals surface area (Å²) in [5.41, 5.74) is 0. The Labute approximate surface area is 107 Å². The zero-order chi connectivity index (χ0) is 12.8. The fourth-order valence-corrected chi connectivity index (χ4v) is 2.82. The molecule has 1 aliphatic rings. The molecule has 1 aliphatic heterocycles. The van der Waals surface area contributed by atoms with Crippen LogP contribution in [0.3, 0.4) is 0 Å². The van der Waals surface area contributed by atoms with Gasteiger partial charge in [0.15, 0.2) is 0 Å². The van der Waals surface area contributed by atoms with Crippen LogP contribution >= 0.6 is 0 Å². The van der Waals surface area contributed by atoms with E-state index in [0.29, 0.717) is 18.1 Å². The number of nitrogens with one attached hydrogen (secondary N) is 1. The van der Waals surface area contributed by atoms with Gasteiger partial charge in [0.1, 0.15) is 0 Å². The molecule has 2 heteroatoms. The lowest BCUT2D eigenvalue weighted by Crippen LogP contribution is -2.58. The SMILES string of the molecule is C#CCC(CC)N1CC(CC(C)C)NCC1C. The third-order valence-electron chi connectivity index (χ3n) is 3.75. The first-order chi connectivity index (χ1) is 8.08. The van der Waals surface area contributed by atoms with Crippen molar-refractivity contribution in [2.24, 2.45) is 5.92 Å². The Hall–Kier alpha value is -0.520. The molecule has 2 nitrogen and oxygen atoms in total. The zero-order valence-corrected chi connectivity index (χ0v) is 11.9. The normalized spacial score (nSPS) is 28.0. The summed E-state index contributed by atoms with van der Waals surface area (Å²) in [5, 5.41) is 3.66. The van der Waals surface area contributed by atoms with E-state index in [4.69, 9.17) is 6.42 Å². The van der Waals surface area contributed by atoms with E-state index in [9.17, 15) is 0 Å². The molecule has 0 aliphatic carbocycles. The Kier molecular flexibility index (Phi) is 6.02. The summed E-state index contributed by atoms with van der Waals surface area (Å²) in [6.07, 6.45) is 8.78. The van der Waals surface area contributed by atoms with E-state index in [1.807, 2.05) is 0 Å². The zero-order valence-electron chi connectivity index (χ0n) is 11.9. The molecule has 0 aromatic rings. The van der Waals surface area contributed by atoms with Gasteiger partial charge in [-0.25, -0.2) is 0 Å². The summed E-state index contributed by atoms with van der Waals surface area (Å²) in [6.45, 7) is 11.4. The van der Waals surface area contributed by atoms with Gasteiger partial charge in [-0.1, -0.05) is 20.8 Å². The van der Waals surface area contributed by atoms with Gasteiger partial charge in [0, 0.05) is 37.6 Å². The molecule has 1 heterocycles. The van der Waals surface area contributed by atoms with Crippen LogP contribution in [0.5, 0.6) is 0 Å². The van der Waals surface area contributed by atoms with Crippen LogP contribution in [0.15, 0.2) is 0 Å². The first-order valence-corrected chi connectivity index (χ1v) is 7.01. The highest BCUT2D eigenvalue weighted by atomic mass is 15.2. The maximum Gasteiger partial charge on any atom is 0.0242 e. The highest BCUT2D eigenvalue weighted by Crippen LogP contribution is 2.18. The maximum atomic E-state index is 5.48. The Balaban J connectivity index is 2.58. The molecule has 1 saturated heterocycles. The van der Waals surface area contributed by atoms with Crippen molar-refractivity contribution in [2.75, 3.05) is 13.1 Å². The second kappa shape index (κ2) is 7.03. The van der Waals surface area contributed by atoms with E-state index in [-0.39, 0.29) is 0 Å². The van der Waals surface area contributed by atoms with Crippen LogP contribution in [0.2, 0.25) is 0 Å². The van der Waals surface area contributed by atoms with Crippen molar-refractivity contribution in [3.8, 4) is 12.3 Å². The summed E-state index contributed by atoms with van der Waals surface area (Å²) in [5.74, 6) is 3.59. The Morgan fingerprint density at radius 3 is 2.71 bits per heavy atom. The van der Waals surface area contributed by atoms with Gasteiger partial charge < -0.3 is 5.32 Å². The fourth-order valence-electron chi connectivity index (χ4n) is 2.82. The molecule has 1 N–H and O–H groups in total. The van der Waals surface area contributed by atoms with E-state index in [2.05, 4.69) is 43.8 Å². The van der Waals surface area contributed by atoms with Crippen LogP contribution in [-0.2, 0) is 0 Å². The Bertz CT molecular complexity index is 254. The molecule has 0 aromatic heterocycles. The van der Waals surface area contributed by atoms with Gasteiger partial charge in [0.05, 0.1) is 0 Å². The lowest BCUT2D eigenvalue weighted by molar-refractivity contribution is 0.0843. The predicted molar refractivity (Wildman–Crippen MR) is 74.9 cm³/mol. The topological polar surface area (TPSA) is 15.3 Å². The van der Waals surface area contributed by atoms with Gasteiger partial charge in [0.2, 0.25) is 0 Å². The van der Waals surface area contributed by atoms with Crippen molar-refractivity contribution in [3.63, 3.8) is 0 Å². The number of piperazine rings is 1. The van der Waals surface area contributed by atoms with Crippen molar-refractivity contribution in [2.45, 2.75) is 65.1 Å². The van der Waals surface area contributed by atoms with Crippen LogP contribution in [0.4, 0.5) is 0 Å². The van der Waals surface area contributed by atoms with Crippen LogP contribution in [0, 0.1) is 18.3 Å². The summed E-state index contributed by atoms with van der Waals surface area (Å²) in [7, 11) is 0. The van der Waals surface area contributed by atoms with Crippen LogP contribution in [0.1, 0.15) is 47.0 Å². The van der Waals surface area contributed by atoms with E-state index >= 15 is 0 Å². The van der Waals surface area contributed by atoms with Crippen molar-refractivity contribution in [3.05, 3.63) is 0 Å². The van der Waals surface area contributed by atoms with Crippen molar-refractivity contribution in [1.82, 2.24) is 10.2 Å². The standard InChI is InChI=1S/C15H28N2/c1-6-8-15(7-2)17-11-14(9-12(3)4)16-10-13(17)5/h1,12-16H,7-11H2,2-5H3. The summed E-state index contributed by atoms with van der Waals surface area (Å²) in [6, 6.07) is 1.81. The summed E-state index contributed by atoms with van der Waals surface area (Å²) in [4.78, 5) is 2.61. The Morgan fingerprint density at radius 1 is 1.47 bits per heavy atom. The quantitative estimate of drug-likeness (QED) is 0.738. The lowest BCUT2D eigenvalue weighted by atomic mass is 9.97. The highest BCUT2D eigenvalue weighted by molar-refractivity contribution is 4.94. The number of hydrogen-bond donors (Lipinski definition) is 1. The molecule has 98 valence electrons. The molecule has 0 radical (unpaired) electrons. The molecular weight excluding hydrogens is 208 g/mol. The molecule has 3 unspecified atom stereocenters. The third kappa shape index (κ3) is 4.33. The first kappa shape index (κ1) is 14.5. The van der Waals surface area contributed by atoms with Crippen molar-refractivity contribution in [1.29, 1.82) is 0 Å². The van der Waals surface area contributed by atoms with Gasteiger partial charge in [-0.15, -0.1) is 12.3 Å². The number of hydrogen-bond acceptors (Lipinski definition) is 2. The average molecular weight is 236 g/mol. The second-order valence-corrected chi connectivity index (χ2v) is 5.75. The number of terminal acetylenes is 1. The van der Waals surface area contributed by atoms with Gasteiger partial charge in [0.25, 0.3) is 0 Å². The van der Waals surface area contributed by atoms with Crippen molar-refractivity contribution >= 4 is 0 Å². The van der Waals surface area contributed by atoms with E-state index < -0.39 is 0 Å². The Morgan fingerprint density at radius 2 is 2.18 bits per heavy atom. The van der Waals surface area contributed by atoms with E-state index in [1.54, 1.807) is 0 Å². The van der Waals surface area contributed by atoms with Crippen LogP contribution in [-0.4, -0.2) is 36.1 Å². The first-order valence-electron chi connectivity index (χ1n) is 7.01.